The molecule has 0 bridgehead atoms. The summed E-state index contributed by atoms with van der Waals surface area (Å²) in [5, 5.41) is 20.4. The normalized spacial score (nSPS) is 25.3. The number of aliphatic hydroxyl groups excluding tert-OH is 1. The highest BCUT2D eigenvalue weighted by Crippen LogP contribution is 2.47. The van der Waals surface area contributed by atoms with Crippen molar-refractivity contribution in [2.75, 3.05) is 38.2 Å². The quantitative estimate of drug-likeness (QED) is 0.624. The lowest BCUT2D eigenvalue weighted by Crippen LogP contribution is -2.48. The lowest BCUT2D eigenvalue weighted by Gasteiger charge is -2.39. The van der Waals surface area contributed by atoms with Crippen molar-refractivity contribution in [3.8, 4) is 5.75 Å². The predicted molar refractivity (Wildman–Crippen MR) is 135 cm³/mol. The molecule has 36 heavy (non-hydrogen) atoms. The number of anilines is 1. The Morgan fingerprint density at radius 1 is 1.14 bits per heavy atom. The van der Waals surface area contributed by atoms with E-state index in [9.17, 15) is 14.7 Å². The Hall–Kier alpha value is -3.10. The molecule has 8 heteroatoms. The van der Waals surface area contributed by atoms with E-state index in [2.05, 4.69) is 30.9 Å². The number of carboxylic acid groups (broad SMARTS) is 1. The first-order chi connectivity index (χ1) is 17.2. The third-order valence-corrected chi connectivity index (χ3v) is 8.17. The highest BCUT2D eigenvalue weighted by molar-refractivity contribution is 5.92. The molecule has 2 aliphatic heterocycles. The number of nitrogens with zero attached hydrogens (tertiary/aromatic N) is 2. The summed E-state index contributed by atoms with van der Waals surface area (Å²) in [5.74, 6) is 0.241. The lowest BCUT2D eigenvalue weighted by molar-refractivity contribution is -0.00492. The summed E-state index contributed by atoms with van der Waals surface area (Å²) in [6.07, 6.45) is 0.597. The van der Waals surface area contributed by atoms with E-state index >= 15 is 0 Å². The van der Waals surface area contributed by atoms with Crippen LogP contribution in [0.4, 0.5) is 10.5 Å². The lowest BCUT2D eigenvalue weighted by atomic mass is 9.87. The van der Waals surface area contributed by atoms with Crippen molar-refractivity contribution in [1.29, 1.82) is 0 Å². The summed E-state index contributed by atoms with van der Waals surface area (Å²) in [5.41, 5.74) is 2.67. The van der Waals surface area contributed by atoms with Gasteiger partial charge in [-0.05, 0) is 53.4 Å². The second-order valence-corrected chi connectivity index (χ2v) is 10.7. The van der Waals surface area contributed by atoms with Crippen LogP contribution in [0.25, 0.3) is 0 Å². The number of amides is 1. The van der Waals surface area contributed by atoms with Crippen molar-refractivity contribution in [2.24, 2.45) is 5.92 Å². The maximum Gasteiger partial charge on any atom is 0.415 e. The molecule has 1 amide bonds. The van der Waals surface area contributed by atoms with Crippen LogP contribution in [0.2, 0.25) is 0 Å². The molecule has 3 aliphatic rings. The highest BCUT2D eigenvalue weighted by atomic mass is 16.6. The molecular formula is C28H34N2O6. The van der Waals surface area contributed by atoms with Crippen molar-refractivity contribution < 1.29 is 29.3 Å². The molecule has 2 fully saturated rings. The standard InChI is InChI=1S/C28H34N2O6/c1-17(2)24-22-14-20(35-3)8-9-21(22)23(25(24)31)15-29-12-10-28(11-13-29)16-30(27(34)36-28)19-6-4-18(5-7-19)26(32)33/h4-9,14,17,23-25,31H,10-13,15-16H2,1-3H3,(H,32,33). The average Bonchev–Trinajstić information content (AvgIpc) is 3.33. The number of rotatable bonds is 6. The van der Waals surface area contributed by atoms with Crippen LogP contribution in [0.15, 0.2) is 42.5 Å². The Morgan fingerprint density at radius 2 is 1.83 bits per heavy atom. The van der Waals surface area contributed by atoms with E-state index in [0.717, 1.165) is 25.4 Å². The van der Waals surface area contributed by atoms with Crippen LogP contribution in [0.3, 0.4) is 0 Å². The van der Waals surface area contributed by atoms with E-state index in [1.807, 2.05) is 6.07 Å². The second kappa shape index (κ2) is 9.41. The zero-order valence-electron chi connectivity index (χ0n) is 21.0. The molecule has 1 spiro atoms. The number of hydrogen-bond donors (Lipinski definition) is 2. The number of aliphatic hydroxyl groups is 1. The molecule has 2 saturated heterocycles. The van der Waals surface area contributed by atoms with E-state index in [1.54, 1.807) is 24.1 Å². The van der Waals surface area contributed by atoms with Crippen LogP contribution in [-0.4, -0.2) is 72.2 Å². The monoisotopic (exact) mass is 494 g/mol. The van der Waals surface area contributed by atoms with E-state index in [1.165, 1.54) is 23.3 Å². The van der Waals surface area contributed by atoms with Crippen molar-refractivity contribution in [2.45, 2.75) is 50.2 Å². The number of likely N-dealkylation sites (tertiary alicyclic amines) is 1. The molecule has 0 saturated carbocycles. The van der Waals surface area contributed by atoms with Gasteiger partial charge in [-0.25, -0.2) is 9.59 Å². The third-order valence-electron chi connectivity index (χ3n) is 8.17. The van der Waals surface area contributed by atoms with Crippen LogP contribution in [-0.2, 0) is 4.74 Å². The molecule has 2 aromatic carbocycles. The van der Waals surface area contributed by atoms with Crippen LogP contribution in [0.5, 0.6) is 5.75 Å². The Morgan fingerprint density at radius 3 is 2.44 bits per heavy atom. The second-order valence-electron chi connectivity index (χ2n) is 10.7. The number of ether oxygens (including phenoxy) is 2. The molecule has 3 unspecified atom stereocenters. The third kappa shape index (κ3) is 4.33. The molecule has 8 nitrogen and oxygen atoms in total. The first-order valence-electron chi connectivity index (χ1n) is 12.6. The minimum absolute atomic E-state index is 0.0303. The molecular weight excluding hydrogens is 460 g/mol. The van der Waals surface area contributed by atoms with E-state index in [4.69, 9.17) is 14.6 Å². The Bertz CT molecular complexity index is 1140. The number of piperidine rings is 1. The van der Waals surface area contributed by atoms with Gasteiger partial charge >= 0.3 is 12.1 Å². The van der Waals surface area contributed by atoms with Crippen LogP contribution in [0.1, 0.15) is 60.0 Å². The number of benzene rings is 2. The predicted octanol–water partition coefficient (Wildman–Crippen LogP) is 4.08. The number of hydrogen-bond acceptors (Lipinski definition) is 6. The first kappa shape index (κ1) is 24.6. The molecule has 0 radical (unpaired) electrons. The zero-order chi connectivity index (χ0) is 25.6. The molecule has 1 aliphatic carbocycles. The zero-order valence-corrected chi connectivity index (χ0v) is 21.0. The summed E-state index contributed by atoms with van der Waals surface area (Å²) in [7, 11) is 1.67. The average molecular weight is 495 g/mol. The fraction of sp³-hybridized carbons (Fsp3) is 0.500. The van der Waals surface area contributed by atoms with Crippen LogP contribution >= 0.6 is 0 Å². The number of carbonyl (C=O) groups is 2. The van der Waals surface area contributed by atoms with Crippen molar-refractivity contribution in [3.63, 3.8) is 0 Å². The first-order valence-corrected chi connectivity index (χ1v) is 12.6. The molecule has 192 valence electrons. The number of methoxy groups -OCH3 is 1. The Balaban J connectivity index is 1.25. The van der Waals surface area contributed by atoms with E-state index < -0.39 is 17.7 Å². The van der Waals surface area contributed by atoms with Gasteiger partial charge in [-0.1, -0.05) is 19.9 Å². The van der Waals surface area contributed by atoms with Gasteiger partial charge in [-0.15, -0.1) is 0 Å². The van der Waals surface area contributed by atoms with Gasteiger partial charge in [0.25, 0.3) is 0 Å². The van der Waals surface area contributed by atoms with Gasteiger partial charge < -0.3 is 24.6 Å². The van der Waals surface area contributed by atoms with Gasteiger partial charge in [0, 0.05) is 50.0 Å². The highest BCUT2D eigenvalue weighted by Gasteiger charge is 2.48. The maximum absolute atomic E-state index is 12.7. The fourth-order valence-electron chi connectivity index (χ4n) is 6.17. The molecule has 3 atom stereocenters. The molecule has 2 heterocycles. The van der Waals surface area contributed by atoms with Crippen molar-refractivity contribution in [3.05, 3.63) is 59.2 Å². The molecule has 5 rings (SSSR count). The van der Waals surface area contributed by atoms with Gasteiger partial charge in [-0.3, -0.25) is 4.90 Å². The summed E-state index contributed by atoms with van der Waals surface area (Å²) in [4.78, 5) is 27.8. The van der Waals surface area contributed by atoms with Gasteiger partial charge in [0.1, 0.15) is 11.4 Å². The summed E-state index contributed by atoms with van der Waals surface area (Å²) >= 11 is 0. The van der Waals surface area contributed by atoms with Gasteiger partial charge in [0.05, 0.1) is 25.3 Å². The minimum atomic E-state index is -0.997. The number of carbonyl (C=O) groups excluding carboxylic acids is 1. The SMILES string of the molecule is COc1ccc2c(c1)C(C(C)C)C(O)C2CN1CCC2(CC1)CN(c1ccc(C(=O)O)cc1)C(=O)O2. The molecule has 2 N–H and O–H groups in total. The van der Waals surface area contributed by atoms with Crippen molar-refractivity contribution >= 4 is 17.7 Å². The number of carboxylic acids is 1. The minimum Gasteiger partial charge on any atom is -0.497 e. The smallest absolute Gasteiger partial charge is 0.415 e. The largest absolute Gasteiger partial charge is 0.497 e. The summed E-state index contributed by atoms with van der Waals surface area (Å²) in [6.45, 7) is 7.07. The summed E-state index contributed by atoms with van der Waals surface area (Å²) < 4.78 is 11.3. The molecule has 0 aromatic heterocycles. The van der Waals surface area contributed by atoms with E-state index in [0.29, 0.717) is 31.0 Å². The van der Waals surface area contributed by atoms with Crippen LogP contribution in [0, 0.1) is 5.92 Å². The van der Waals surface area contributed by atoms with Gasteiger partial charge in [0.15, 0.2) is 0 Å². The molecule has 2 aromatic rings. The Labute approximate surface area is 211 Å². The van der Waals surface area contributed by atoms with E-state index in [-0.39, 0.29) is 23.5 Å². The number of fused-ring (bicyclic) bond motifs is 1. The summed E-state index contributed by atoms with van der Waals surface area (Å²) in [6, 6.07) is 12.5. The van der Waals surface area contributed by atoms with Gasteiger partial charge in [-0.2, -0.15) is 0 Å². The fourth-order valence-corrected chi connectivity index (χ4v) is 6.17. The topological polar surface area (TPSA) is 99.5 Å². The van der Waals surface area contributed by atoms with Gasteiger partial charge in [0.2, 0.25) is 0 Å². The number of aromatic carboxylic acids is 1. The maximum atomic E-state index is 12.7. The Kier molecular flexibility index (Phi) is 6.43. The van der Waals surface area contributed by atoms with Crippen LogP contribution < -0.4 is 9.64 Å². The van der Waals surface area contributed by atoms with Crippen molar-refractivity contribution in [1.82, 2.24) is 4.90 Å².